The lowest BCUT2D eigenvalue weighted by atomic mass is 10.0. The summed E-state index contributed by atoms with van der Waals surface area (Å²) in [6.45, 7) is 3.33. The second-order valence-corrected chi connectivity index (χ2v) is 4.86. The summed E-state index contributed by atoms with van der Waals surface area (Å²) in [5.41, 5.74) is 0.935. The van der Waals surface area contributed by atoms with Crippen LogP contribution >= 0.6 is 11.6 Å². The number of nitrogens with one attached hydrogen (secondary N) is 1. The molecule has 1 fully saturated rings. The Balaban J connectivity index is 1.77. The summed E-state index contributed by atoms with van der Waals surface area (Å²) in [7, 11) is 0. The standard InChI is InChI=1S/C13H17ClFNO/c14-13-6-12(15)4-3-11(13)8-16-7-10-2-1-5-17-9-10/h3-4,6,10,16H,1-2,5,7-9H2. The fourth-order valence-electron chi connectivity index (χ4n) is 2.04. The number of hydrogen-bond acceptors (Lipinski definition) is 2. The quantitative estimate of drug-likeness (QED) is 0.895. The van der Waals surface area contributed by atoms with Crippen molar-refractivity contribution in [2.45, 2.75) is 19.4 Å². The summed E-state index contributed by atoms with van der Waals surface area (Å²) in [5, 5.41) is 3.83. The molecular formula is C13H17ClFNO. The van der Waals surface area contributed by atoms with Crippen LogP contribution in [0.1, 0.15) is 18.4 Å². The van der Waals surface area contributed by atoms with E-state index >= 15 is 0 Å². The van der Waals surface area contributed by atoms with E-state index in [0.29, 0.717) is 17.5 Å². The van der Waals surface area contributed by atoms with E-state index in [-0.39, 0.29) is 5.82 Å². The van der Waals surface area contributed by atoms with Crippen molar-refractivity contribution in [3.8, 4) is 0 Å². The highest BCUT2D eigenvalue weighted by Crippen LogP contribution is 2.17. The molecule has 0 bridgehead atoms. The van der Waals surface area contributed by atoms with Crippen LogP contribution in [0, 0.1) is 11.7 Å². The molecule has 2 nitrogen and oxygen atoms in total. The lowest BCUT2D eigenvalue weighted by Crippen LogP contribution is -2.28. The van der Waals surface area contributed by atoms with Gasteiger partial charge in [-0.25, -0.2) is 4.39 Å². The number of benzene rings is 1. The van der Waals surface area contributed by atoms with Crippen LogP contribution in [0.5, 0.6) is 0 Å². The van der Waals surface area contributed by atoms with Gasteiger partial charge < -0.3 is 10.1 Å². The second kappa shape index (κ2) is 6.34. The first-order valence-corrected chi connectivity index (χ1v) is 6.36. The van der Waals surface area contributed by atoms with E-state index in [4.69, 9.17) is 16.3 Å². The fourth-order valence-corrected chi connectivity index (χ4v) is 2.28. The maximum atomic E-state index is 12.8. The molecular weight excluding hydrogens is 241 g/mol. The molecule has 94 valence electrons. The Kier molecular flexibility index (Phi) is 4.77. The predicted octanol–water partition coefficient (Wildman–Crippen LogP) is 3.00. The SMILES string of the molecule is Fc1ccc(CNCC2CCCOC2)c(Cl)c1. The van der Waals surface area contributed by atoms with Gasteiger partial charge in [-0.15, -0.1) is 0 Å². The monoisotopic (exact) mass is 257 g/mol. The van der Waals surface area contributed by atoms with Gasteiger partial charge in [0.2, 0.25) is 0 Å². The van der Waals surface area contributed by atoms with Gasteiger partial charge in [-0.3, -0.25) is 0 Å². The third kappa shape index (κ3) is 3.95. The maximum absolute atomic E-state index is 12.8. The van der Waals surface area contributed by atoms with Crippen LogP contribution in [0.2, 0.25) is 5.02 Å². The van der Waals surface area contributed by atoms with Gasteiger partial charge in [-0.05, 0) is 36.5 Å². The molecule has 1 aromatic rings. The molecule has 1 saturated heterocycles. The van der Waals surface area contributed by atoms with Crippen molar-refractivity contribution in [1.29, 1.82) is 0 Å². The van der Waals surface area contributed by atoms with Crippen molar-refractivity contribution in [2.24, 2.45) is 5.92 Å². The minimum Gasteiger partial charge on any atom is -0.381 e. The van der Waals surface area contributed by atoms with Gasteiger partial charge in [-0.2, -0.15) is 0 Å². The van der Waals surface area contributed by atoms with Gasteiger partial charge in [0, 0.05) is 24.7 Å². The van der Waals surface area contributed by atoms with E-state index in [0.717, 1.165) is 31.7 Å². The Morgan fingerprint density at radius 3 is 3.06 bits per heavy atom. The molecule has 0 amide bonds. The highest BCUT2D eigenvalue weighted by Gasteiger charge is 2.13. The van der Waals surface area contributed by atoms with Crippen molar-refractivity contribution in [1.82, 2.24) is 5.32 Å². The molecule has 0 aromatic heterocycles. The third-order valence-electron chi connectivity index (χ3n) is 3.02. The normalized spacial score (nSPS) is 20.5. The molecule has 0 spiro atoms. The Morgan fingerprint density at radius 1 is 1.47 bits per heavy atom. The molecule has 2 rings (SSSR count). The average Bonchev–Trinajstić information content (AvgIpc) is 2.33. The van der Waals surface area contributed by atoms with Gasteiger partial charge in [0.1, 0.15) is 5.82 Å². The van der Waals surface area contributed by atoms with Crippen molar-refractivity contribution in [2.75, 3.05) is 19.8 Å². The summed E-state index contributed by atoms with van der Waals surface area (Å²) < 4.78 is 18.2. The number of rotatable bonds is 4. The Labute approximate surface area is 106 Å². The fraction of sp³-hybridized carbons (Fsp3) is 0.538. The van der Waals surface area contributed by atoms with Gasteiger partial charge in [0.25, 0.3) is 0 Å². The van der Waals surface area contributed by atoms with Crippen LogP contribution < -0.4 is 5.32 Å². The first kappa shape index (κ1) is 12.8. The van der Waals surface area contributed by atoms with Crippen LogP contribution in [0.15, 0.2) is 18.2 Å². The lowest BCUT2D eigenvalue weighted by molar-refractivity contribution is 0.0547. The number of hydrogen-bond donors (Lipinski definition) is 1. The minimum absolute atomic E-state index is 0.292. The zero-order valence-corrected chi connectivity index (χ0v) is 10.5. The van der Waals surface area contributed by atoms with Crippen molar-refractivity contribution < 1.29 is 9.13 Å². The van der Waals surface area contributed by atoms with E-state index in [1.165, 1.54) is 18.6 Å². The molecule has 4 heteroatoms. The van der Waals surface area contributed by atoms with Crippen LogP contribution in [-0.4, -0.2) is 19.8 Å². The highest BCUT2D eigenvalue weighted by atomic mass is 35.5. The Bertz CT molecular complexity index is 366. The van der Waals surface area contributed by atoms with E-state index in [1.54, 1.807) is 6.07 Å². The first-order valence-electron chi connectivity index (χ1n) is 5.98. The number of ether oxygens (including phenoxy) is 1. The van der Waals surface area contributed by atoms with Gasteiger partial charge in [-0.1, -0.05) is 17.7 Å². The minimum atomic E-state index is -0.292. The molecule has 1 heterocycles. The molecule has 1 N–H and O–H groups in total. The van der Waals surface area contributed by atoms with Gasteiger partial charge >= 0.3 is 0 Å². The highest BCUT2D eigenvalue weighted by molar-refractivity contribution is 6.31. The molecule has 1 aliphatic heterocycles. The van der Waals surface area contributed by atoms with Crippen LogP contribution in [0.25, 0.3) is 0 Å². The summed E-state index contributed by atoms with van der Waals surface area (Å²) >= 11 is 5.95. The smallest absolute Gasteiger partial charge is 0.124 e. The van der Waals surface area contributed by atoms with E-state index in [1.807, 2.05) is 0 Å². The second-order valence-electron chi connectivity index (χ2n) is 4.45. The lowest BCUT2D eigenvalue weighted by Gasteiger charge is -2.22. The van der Waals surface area contributed by atoms with Gasteiger partial charge in [0.05, 0.1) is 6.61 Å². The van der Waals surface area contributed by atoms with E-state index < -0.39 is 0 Å². The first-order chi connectivity index (χ1) is 8.25. The summed E-state index contributed by atoms with van der Waals surface area (Å²) in [5.74, 6) is 0.294. The zero-order chi connectivity index (χ0) is 12.1. The van der Waals surface area contributed by atoms with Crippen molar-refractivity contribution >= 4 is 11.6 Å². The molecule has 0 aliphatic carbocycles. The molecule has 17 heavy (non-hydrogen) atoms. The largest absolute Gasteiger partial charge is 0.381 e. The Hall–Kier alpha value is -0.640. The van der Waals surface area contributed by atoms with Crippen molar-refractivity contribution in [3.63, 3.8) is 0 Å². The molecule has 0 saturated carbocycles. The Morgan fingerprint density at radius 2 is 2.35 bits per heavy atom. The van der Waals surface area contributed by atoms with Crippen LogP contribution in [0.3, 0.4) is 0 Å². The molecule has 1 atom stereocenters. The average molecular weight is 258 g/mol. The summed E-state index contributed by atoms with van der Waals surface area (Å²) in [6.07, 6.45) is 2.35. The molecule has 0 radical (unpaired) electrons. The van der Waals surface area contributed by atoms with E-state index in [2.05, 4.69) is 5.32 Å². The molecule has 1 unspecified atom stereocenters. The van der Waals surface area contributed by atoms with Gasteiger partial charge in [0.15, 0.2) is 0 Å². The van der Waals surface area contributed by atoms with E-state index in [9.17, 15) is 4.39 Å². The summed E-state index contributed by atoms with van der Waals surface area (Å²) in [4.78, 5) is 0. The van der Waals surface area contributed by atoms with Crippen molar-refractivity contribution in [3.05, 3.63) is 34.6 Å². The van der Waals surface area contributed by atoms with Crippen LogP contribution in [-0.2, 0) is 11.3 Å². The topological polar surface area (TPSA) is 21.3 Å². The maximum Gasteiger partial charge on any atom is 0.124 e. The number of halogens is 2. The third-order valence-corrected chi connectivity index (χ3v) is 3.37. The predicted molar refractivity (Wildman–Crippen MR) is 66.7 cm³/mol. The van der Waals surface area contributed by atoms with Crippen LogP contribution in [0.4, 0.5) is 4.39 Å². The summed E-state index contributed by atoms with van der Waals surface area (Å²) in [6, 6.07) is 4.51. The molecule has 1 aromatic carbocycles. The molecule has 1 aliphatic rings. The zero-order valence-electron chi connectivity index (χ0n) is 9.72.